The molecular weight excluding hydrogens is 260 g/mol. The molecule has 0 saturated heterocycles. The van der Waals surface area contributed by atoms with Gasteiger partial charge in [0, 0.05) is 11.5 Å². The summed E-state index contributed by atoms with van der Waals surface area (Å²) in [6, 6.07) is 5.35. The Hall–Kier alpha value is -2.70. The lowest BCUT2D eigenvalue weighted by molar-refractivity contribution is 0.409. The zero-order valence-corrected chi connectivity index (χ0v) is 11.0. The van der Waals surface area contributed by atoms with E-state index in [-0.39, 0.29) is 11.4 Å². The van der Waals surface area contributed by atoms with E-state index in [0.29, 0.717) is 11.3 Å². The lowest BCUT2D eigenvalue weighted by atomic mass is 10.1. The average Bonchev–Trinajstić information content (AvgIpc) is 2.99. The Morgan fingerprint density at radius 2 is 2.20 bits per heavy atom. The van der Waals surface area contributed by atoms with Gasteiger partial charge in [-0.15, -0.1) is 10.2 Å². The van der Waals surface area contributed by atoms with Gasteiger partial charge in [0.25, 0.3) is 0 Å². The Morgan fingerprint density at radius 1 is 1.35 bits per heavy atom. The molecule has 3 aromatic rings. The van der Waals surface area contributed by atoms with Gasteiger partial charge in [0.15, 0.2) is 0 Å². The maximum Gasteiger partial charge on any atom is 0.347 e. The molecule has 0 saturated carbocycles. The van der Waals surface area contributed by atoms with Crippen LogP contribution in [0.3, 0.4) is 0 Å². The molecule has 0 fully saturated rings. The Kier molecular flexibility index (Phi) is 2.94. The van der Waals surface area contributed by atoms with Crippen molar-refractivity contribution in [1.82, 2.24) is 20.6 Å². The summed E-state index contributed by atoms with van der Waals surface area (Å²) in [4.78, 5) is 12.0. The first-order valence-electron chi connectivity index (χ1n) is 6.11. The van der Waals surface area contributed by atoms with Crippen molar-refractivity contribution < 1.29 is 9.15 Å². The SMILES string of the molecule is CCc1cc2cc(-c3nn[nH]n3)c(=O)oc2cc1OC. The Bertz CT molecular complexity index is 808. The normalized spacial score (nSPS) is 10.9. The maximum atomic E-state index is 12.0. The fraction of sp³-hybridized carbons (Fsp3) is 0.231. The van der Waals surface area contributed by atoms with Gasteiger partial charge in [-0.1, -0.05) is 6.92 Å². The molecule has 7 heteroatoms. The van der Waals surface area contributed by atoms with E-state index in [9.17, 15) is 4.79 Å². The summed E-state index contributed by atoms with van der Waals surface area (Å²) < 4.78 is 10.6. The highest BCUT2D eigenvalue weighted by atomic mass is 16.5. The summed E-state index contributed by atoms with van der Waals surface area (Å²) in [5.41, 5.74) is 1.27. The predicted octanol–water partition coefficient (Wildman–Crippen LogP) is 1.54. The topological polar surface area (TPSA) is 93.9 Å². The molecular formula is C13H12N4O3. The minimum atomic E-state index is -0.509. The first-order valence-corrected chi connectivity index (χ1v) is 6.11. The molecule has 0 radical (unpaired) electrons. The third kappa shape index (κ3) is 1.93. The standard InChI is InChI=1S/C13H12N4O3/c1-3-7-4-8-5-9(12-14-16-17-15-12)13(18)20-11(8)6-10(7)19-2/h4-6H,3H2,1-2H3,(H,14,15,16,17). The van der Waals surface area contributed by atoms with E-state index in [0.717, 1.165) is 17.4 Å². The fourth-order valence-electron chi connectivity index (χ4n) is 2.09. The number of aryl methyl sites for hydroxylation is 1. The summed E-state index contributed by atoms with van der Waals surface area (Å²) in [6.07, 6.45) is 0.815. The van der Waals surface area contributed by atoms with Gasteiger partial charge in [-0.25, -0.2) is 4.79 Å². The van der Waals surface area contributed by atoms with Crippen molar-refractivity contribution in [3.63, 3.8) is 0 Å². The molecule has 0 amide bonds. The number of aromatic amines is 1. The van der Waals surface area contributed by atoms with Gasteiger partial charge in [0.2, 0.25) is 5.82 Å². The lowest BCUT2D eigenvalue weighted by Gasteiger charge is -2.08. The van der Waals surface area contributed by atoms with Crippen LogP contribution in [0.1, 0.15) is 12.5 Å². The molecule has 1 N–H and O–H groups in total. The van der Waals surface area contributed by atoms with Crippen LogP contribution in [0.15, 0.2) is 27.4 Å². The molecule has 0 atom stereocenters. The van der Waals surface area contributed by atoms with E-state index in [4.69, 9.17) is 9.15 Å². The Morgan fingerprint density at radius 3 is 2.85 bits per heavy atom. The first kappa shape index (κ1) is 12.3. The predicted molar refractivity (Wildman–Crippen MR) is 71.6 cm³/mol. The van der Waals surface area contributed by atoms with E-state index in [1.54, 1.807) is 19.2 Å². The van der Waals surface area contributed by atoms with Gasteiger partial charge < -0.3 is 9.15 Å². The smallest absolute Gasteiger partial charge is 0.347 e. The molecule has 0 spiro atoms. The van der Waals surface area contributed by atoms with Crippen molar-refractivity contribution in [2.75, 3.05) is 7.11 Å². The van der Waals surface area contributed by atoms with E-state index >= 15 is 0 Å². The number of H-pyrrole nitrogens is 1. The van der Waals surface area contributed by atoms with Crippen LogP contribution >= 0.6 is 0 Å². The summed E-state index contributed by atoms with van der Waals surface area (Å²) in [7, 11) is 1.59. The van der Waals surface area contributed by atoms with Crippen molar-refractivity contribution in [1.29, 1.82) is 0 Å². The third-order valence-corrected chi connectivity index (χ3v) is 3.10. The first-order chi connectivity index (χ1) is 9.72. The number of nitrogens with zero attached hydrogens (tertiary/aromatic N) is 3. The molecule has 3 rings (SSSR count). The zero-order chi connectivity index (χ0) is 14.1. The summed E-state index contributed by atoms with van der Waals surface area (Å²) >= 11 is 0. The molecule has 7 nitrogen and oxygen atoms in total. The number of benzene rings is 1. The van der Waals surface area contributed by atoms with Gasteiger partial charge in [0.1, 0.15) is 16.9 Å². The second-order valence-corrected chi connectivity index (χ2v) is 4.24. The molecule has 0 aliphatic rings. The lowest BCUT2D eigenvalue weighted by Crippen LogP contribution is -2.04. The monoisotopic (exact) mass is 272 g/mol. The number of nitrogens with one attached hydrogen (secondary N) is 1. The summed E-state index contributed by atoms with van der Waals surface area (Å²) in [5.74, 6) is 0.921. The molecule has 20 heavy (non-hydrogen) atoms. The average molecular weight is 272 g/mol. The minimum absolute atomic E-state index is 0.217. The number of hydrogen-bond donors (Lipinski definition) is 1. The summed E-state index contributed by atoms with van der Waals surface area (Å²) in [5, 5.41) is 14.1. The van der Waals surface area contributed by atoms with Gasteiger partial charge in [0.05, 0.1) is 7.11 Å². The number of tetrazole rings is 1. The highest BCUT2D eigenvalue weighted by Gasteiger charge is 2.13. The van der Waals surface area contributed by atoms with E-state index < -0.39 is 5.63 Å². The van der Waals surface area contributed by atoms with Crippen molar-refractivity contribution in [3.05, 3.63) is 34.2 Å². The highest BCUT2D eigenvalue weighted by molar-refractivity contribution is 5.82. The van der Waals surface area contributed by atoms with Gasteiger partial charge in [-0.3, -0.25) is 0 Å². The van der Waals surface area contributed by atoms with E-state index in [2.05, 4.69) is 20.6 Å². The number of hydrogen-bond acceptors (Lipinski definition) is 6. The zero-order valence-electron chi connectivity index (χ0n) is 11.0. The van der Waals surface area contributed by atoms with Crippen molar-refractivity contribution in [3.8, 4) is 17.1 Å². The van der Waals surface area contributed by atoms with Crippen LogP contribution in [0.5, 0.6) is 5.75 Å². The van der Waals surface area contributed by atoms with Crippen molar-refractivity contribution >= 4 is 11.0 Å². The van der Waals surface area contributed by atoms with E-state index in [1.165, 1.54) is 0 Å². The fourth-order valence-corrected chi connectivity index (χ4v) is 2.09. The maximum absolute atomic E-state index is 12.0. The molecule has 2 aromatic heterocycles. The second kappa shape index (κ2) is 4.76. The minimum Gasteiger partial charge on any atom is -0.496 e. The summed E-state index contributed by atoms with van der Waals surface area (Å²) in [6.45, 7) is 2.03. The Labute approximate surface area is 113 Å². The molecule has 1 aromatic carbocycles. The number of ether oxygens (including phenoxy) is 1. The quantitative estimate of drug-likeness (QED) is 0.727. The molecule has 102 valence electrons. The van der Waals surface area contributed by atoms with Gasteiger partial charge >= 0.3 is 5.63 Å². The molecule has 0 unspecified atom stereocenters. The Balaban J connectivity index is 2.27. The number of methoxy groups -OCH3 is 1. The second-order valence-electron chi connectivity index (χ2n) is 4.24. The van der Waals surface area contributed by atoms with Crippen LogP contribution in [-0.2, 0) is 6.42 Å². The van der Waals surface area contributed by atoms with Gasteiger partial charge in [-0.05, 0) is 29.3 Å². The van der Waals surface area contributed by atoms with Crippen molar-refractivity contribution in [2.45, 2.75) is 13.3 Å². The van der Waals surface area contributed by atoms with Gasteiger partial charge in [-0.2, -0.15) is 5.21 Å². The highest BCUT2D eigenvalue weighted by Crippen LogP contribution is 2.27. The van der Waals surface area contributed by atoms with Crippen LogP contribution in [0.2, 0.25) is 0 Å². The number of fused-ring (bicyclic) bond motifs is 1. The van der Waals surface area contributed by atoms with Crippen LogP contribution in [0, 0.1) is 0 Å². The third-order valence-electron chi connectivity index (χ3n) is 3.10. The number of rotatable bonds is 3. The molecule has 0 aliphatic heterocycles. The molecule has 0 bridgehead atoms. The largest absolute Gasteiger partial charge is 0.496 e. The molecule has 2 heterocycles. The van der Waals surface area contributed by atoms with Crippen LogP contribution < -0.4 is 10.4 Å². The van der Waals surface area contributed by atoms with Crippen LogP contribution in [0.4, 0.5) is 0 Å². The van der Waals surface area contributed by atoms with E-state index in [1.807, 2.05) is 13.0 Å². The van der Waals surface area contributed by atoms with Crippen molar-refractivity contribution in [2.24, 2.45) is 0 Å². The van der Waals surface area contributed by atoms with Crippen LogP contribution in [0.25, 0.3) is 22.4 Å². The number of aromatic nitrogens is 4. The van der Waals surface area contributed by atoms with Crippen LogP contribution in [-0.4, -0.2) is 27.7 Å². The molecule has 0 aliphatic carbocycles.